The highest BCUT2D eigenvalue weighted by Crippen LogP contribution is 2.24. The summed E-state index contributed by atoms with van der Waals surface area (Å²) < 4.78 is 0. The first kappa shape index (κ1) is 15.5. The molecule has 0 radical (unpaired) electrons. The van der Waals surface area contributed by atoms with Crippen LogP contribution in [0.4, 0.5) is 0 Å². The molecule has 5 aliphatic rings. The van der Waals surface area contributed by atoms with E-state index in [2.05, 4.69) is 20.0 Å². The van der Waals surface area contributed by atoms with E-state index in [0.29, 0.717) is 17.0 Å². The highest BCUT2D eigenvalue weighted by Gasteiger charge is 2.19. The smallest absolute Gasteiger partial charge is 0.162 e. The summed E-state index contributed by atoms with van der Waals surface area (Å²) in [6.45, 7) is 1.55. The van der Waals surface area contributed by atoms with Crippen molar-refractivity contribution in [2.24, 2.45) is 20.0 Å². The van der Waals surface area contributed by atoms with E-state index in [1.54, 1.807) is 13.0 Å². The van der Waals surface area contributed by atoms with Crippen molar-refractivity contribution in [2.45, 2.75) is 6.92 Å². The molecule has 0 N–H and O–H groups in total. The zero-order chi connectivity index (χ0) is 18.4. The summed E-state index contributed by atoms with van der Waals surface area (Å²) in [5.74, 6) is -0.0256. The standard InChI is InChI=1S/C22H14N4O/c1-13(27)21-11-20-10-18-5-4-16(24-18)8-14-2-3-15(23-14)9-17-6-7-19(25-17)12-22(21)26-20/h2-12H,1H3. The molecule has 8 bridgehead atoms. The Hall–Kier alpha value is -3.73. The van der Waals surface area contributed by atoms with Crippen LogP contribution >= 0.6 is 0 Å². The number of hydrogen-bond donors (Lipinski definition) is 0. The second-order valence-corrected chi connectivity index (χ2v) is 6.50. The van der Waals surface area contributed by atoms with Gasteiger partial charge in [-0.15, -0.1) is 0 Å². The van der Waals surface area contributed by atoms with Crippen LogP contribution < -0.4 is 0 Å². The van der Waals surface area contributed by atoms with Crippen molar-refractivity contribution in [1.82, 2.24) is 0 Å². The monoisotopic (exact) mass is 350 g/mol. The maximum absolute atomic E-state index is 12.0. The van der Waals surface area contributed by atoms with Gasteiger partial charge in [0.1, 0.15) is 0 Å². The number of carbonyl (C=O) groups excluding carboxylic acids is 1. The molecule has 27 heavy (non-hydrogen) atoms. The van der Waals surface area contributed by atoms with Crippen LogP contribution in [0, 0.1) is 0 Å². The third kappa shape index (κ3) is 3.00. The summed E-state index contributed by atoms with van der Waals surface area (Å²) in [4.78, 5) is 30.4. The molecule has 0 fully saturated rings. The molecule has 0 aromatic heterocycles. The second kappa shape index (κ2) is 5.92. The lowest BCUT2D eigenvalue weighted by atomic mass is 10.1. The van der Waals surface area contributed by atoms with Crippen LogP contribution in [0.5, 0.6) is 0 Å². The van der Waals surface area contributed by atoms with Gasteiger partial charge in [-0.3, -0.25) is 4.79 Å². The SMILES string of the molecule is CC(=O)C1=CC2=NC1=CC1=NC(=CC3=NC(=CC4=NC(=C2)C=C4)C=C3)C=C1. The fourth-order valence-electron chi connectivity index (χ4n) is 3.18. The van der Waals surface area contributed by atoms with E-state index in [-0.39, 0.29) is 5.78 Å². The van der Waals surface area contributed by atoms with Gasteiger partial charge in [0.25, 0.3) is 0 Å². The van der Waals surface area contributed by atoms with Crippen LogP contribution in [0.1, 0.15) is 6.92 Å². The zero-order valence-electron chi connectivity index (χ0n) is 14.5. The summed E-state index contributed by atoms with van der Waals surface area (Å²) >= 11 is 0. The highest BCUT2D eigenvalue weighted by molar-refractivity contribution is 6.18. The molecule has 0 aromatic rings. The number of fused-ring (bicyclic) bond motifs is 4. The molecule has 5 aliphatic heterocycles. The van der Waals surface area contributed by atoms with Crippen LogP contribution in [-0.4, -0.2) is 28.6 Å². The minimum Gasteiger partial charge on any atom is -0.294 e. The Morgan fingerprint density at radius 2 is 1.07 bits per heavy atom. The topological polar surface area (TPSA) is 66.5 Å². The zero-order valence-corrected chi connectivity index (χ0v) is 14.5. The number of hydrogen-bond acceptors (Lipinski definition) is 5. The van der Waals surface area contributed by atoms with Crippen molar-refractivity contribution in [3.63, 3.8) is 0 Å². The third-order valence-corrected chi connectivity index (χ3v) is 4.42. The van der Waals surface area contributed by atoms with Crippen molar-refractivity contribution in [1.29, 1.82) is 0 Å². The molecule has 0 unspecified atom stereocenters. The Kier molecular flexibility index (Phi) is 3.40. The van der Waals surface area contributed by atoms with Gasteiger partial charge in [-0.25, -0.2) is 20.0 Å². The van der Waals surface area contributed by atoms with Gasteiger partial charge in [0.05, 0.1) is 45.6 Å². The van der Waals surface area contributed by atoms with Gasteiger partial charge >= 0.3 is 0 Å². The van der Waals surface area contributed by atoms with Gasteiger partial charge in [0.2, 0.25) is 0 Å². The summed E-state index contributed by atoms with van der Waals surface area (Å²) in [5.41, 5.74) is 6.80. The largest absolute Gasteiger partial charge is 0.294 e. The highest BCUT2D eigenvalue weighted by atomic mass is 16.1. The Morgan fingerprint density at radius 1 is 0.593 bits per heavy atom. The fraction of sp³-hybridized carbons (Fsp3) is 0.0455. The minimum atomic E-state index is -0.0256. The van der Waals surface area contributed by atoms with E-state index in [1.807, 2.05) is 60.8 Å². The minimum absolute atomic E-state index is 0.0256. The Labute approximate surface area is 156 Å². The van der Waals surface area contributed by atoms with Crippen molar-refractivity contribution in [2.75, 3.05) is 0 Å². The van der Waals surface area contributed by atoms with Crippen LogP contribution in [0.2, 0.25) is 0 Å². The number of carbonyl (C=O) groups is 1. The maximum atomic E-state index is 12.0. The van der Waals surface area contributed by atoms with Gasteiger partial charge in [-0.1, -0.05) is 0 Å². The molecule has 128 valence electrons. The van der Waals surface area contributed by atoms with Gasteiger partial charge in [0, 0.05) is 5.57 Å². The van der Waals surface area contributed by atoms with Crippen molar-refractivity contribution < 1.29 is 4.79 Å². The second-order valence-electron chi connectivity index (χ2n) is 6.50. The average molecular weight is 350 g/mol. The van der Waals surface area contributed by atoms with E-state index >= 15 is 0 Å². The lowest BCUT2D eigenvalue weighted by Gasteiger charge is -1.98. The molecule has 0 atom stereocenters. The first-order chi connectivity index (χ1) is 13.1. The van der Waals surface area contributed by atoms with E-state index in [4.69, 9.17) is 0 Å². The molecule has 5 nitrogen and oxygen atoms in total. The lowest BCUT2D eigenvalue weighted by molar-refractivity contribution is -0.113. The molecule has 0 saturated heterocycles. The molecular weight excluding hydrogens is 336 g/mol. The van der Waals surface area contributed by atoms with Gasteiger partial charge in [0.15, 0.2) is 5.78 Å². The van der Waals surface area contributed by atoms with Crippen LogP contribution in [0.3, 0.4) is 0 Å². The maximum Gasteiger partial charge on any atom is 0.162 e. The van der Waals surface area contributed by atoms with E-state index in [0.717, 1.165) is 34.2 Å². The Bertz CT molecular complexity index is 1170. The fourth-order valence-corrected chi connectivity index (χ4v) is 3.18. The normalized spacial score (nSPS) is 21.7. The molecule has 0 spiro atoms. The predicted octanol–water partition coefficient (Wildman–Crippen LogP) is 3.54. The number of aliphatic imine (C=N–C) groups is 4. The van der Waals surface area contributed by atoms with Gasteiger partial charge in [-0.05, 0) is 73.8 Å². The van der Waals surface area contributed by atoms with Crippen molar-refractivity contribution >= 4 is 28.6 Å². The average Bonchev–Trinajstić information content (AvgIpc) is 3.38. The van der Waals surface area contributed by atoms with Crippen molar-refractivity contribution in [3.05, 3.63) is 95.2 Å². The number of rotatable bonds is 1. The number of nitrogens with zero attached hydrogens (tertiary/aromatic N) is 4. The molecule has 5 heterocycles. The van der Waals surface area contributed by atoms with Crippen LogP contribution in [-0.2, 0) is 4.79 Å². The molecule has 0 aromatic carbocycles. The summed E-state index contributed by atoms with van der Waals surface area (Å²) in [5, 5.41) is 0. The molecule has 0 amide bonds. The first-order valence-electron chi connectivity index (χ1n) is 8.61. The number of Topliss-reactive ketones (excluding diaryl/α,β-unsaturated/α-hetero) is 1. The van der Waals surface area contributed by atoms with Crippen LogP contribution in [0.15, 0.2) is 115 Å². The molecule has 0 aliphatic carbocycles. The van der Waals surface area contributed by atoms with E-state index in [9.17, 15) is 4.79 Å². The predicted molar refractivity (Wildman–Crippen MR) is 108 cm³/mol. The van der Waals surface area contributed by atoms with E-state index in [1.165, 1.54) is 0 Å². The van der Waals surface area contributed by atoms with Gasteiger partial charge < -0.3 is 0 Å². The quantitative estimate of drug-likeness (QED) is 0.713. The molecular formula is C22H14N4O. The first-order valence-corrected chi connectivity index (χ1v) is 8.61. The van der Waals surface area contributed by atoms with Crippen LogP contribution in [0.25, 0.3) is 0 Å². The molecule has 0 saturated carbocycles. The Morgan fingerprint density at radius 3 is 1.59 bits per heavy atom. The molecule has 5 heteroatoms. The summed E-state index contributed by atoms with van der Waals surface area (Å²) in [6.07, 6.45) is 21.0. The Balaban J connectivity index is 1.67. The van der Waals surface area contributed by atoms with Gasteiger partial charge in [-0.2, -0.15) is 0 Å². The lowest BCUT2D eigenvalue weighted by Crippen LogP contribution is -1.98. The summed E-state index contributed by atoms with van der Waals surface area (Å²) in [7, 11) is 0. The van der Waals surface area contributed by atoms with Crippen molar-refractivity contribution in [3.8, 4) is 0 Å². The number of ketones is 1. The molecule has 5 rings (SSSR count). The number of allylic oxidation sites excluding steroid dienone is 12. The summed E-state index contributed by atoms with van der Waals surface area (Å²) in [6, 6.07) is 0. The third-order valence-electron chi connectivity index (χ3n) is 4.42. The van der Waals surface area contributed by atoms with E-state index < -0.39 is 0 Å².